The number of anilines is 1. The third-order valence-electron chi connectivity index (χ3n) is 3.10. The number of hydrogen-bond donors (Lipinski definition) is 2. The van der Waals surface area contributed by atoms with Crippen LogP contribution in [0.3, 0.4) is 0 Å². The van der Waals surface area contributed by atoms with E-state index in [0.717, 1.165) is 10.1 Å². The number of amides is 1. The van der Waals surface area contributed by atoms with E-state index in [0.29, 0.717) is 18.9 Å². The minimum Gasteiger partial charge on any atom is -0.477 e. The molecule has 1 aromatic heterocycles. The van der Waals surface area contributed by atoms with Gasteiger partial charge < -0.3 is 19.9 Å². The first-order chi connectivity index (χ1) is 10.1. The molecule has 0 spiro atoms. The third kappa shape index (κ3) is 3.05. The number of ether oxygens (including phenoxy) is 2. The van der Waals surface area contributed by atoms with Gasteiger partial charge in [-0.3, -0.25) is 4.79 Å². The van der Waals surface area contributed by atoms with E-state index in [2.05, 4.69) is 5.32 Å². The van der Waals surface area contributed by atoms with E-state index in [4.69, 9.17) is 14.6 Å². The van der Waals surface area contributed by atoms with E-state index in [9.17, 15) is 9.59 Å². The predicted molar refractivity (Wildman–Crippen MR) is 78.0 cm³/mol. The van der Waals surface area contributed by atoms with E-state index in [1.807, 2.05) is 0 Å². The van der Waals surface area contributed by atoms with Gasteiger partial charge in [0.1, 0.15) is 4.88 Å². The van der Waals surface area contributed by atoms with Gasteiger partial charge in [0, 0.05) is 10.4 Å². The number of carbonyl (C=O) groups is 2. The lowest BCUT2D eigenvalue weighted by atomic mass is 10.2. The maximum absolute atomic E-state index is 12.0. The molecular formula is C14H13NO5S. The first-order valence-electron chi connectivity index (χ1n) is 6.40. The Kier molecular flexibility index (Phi) is 3.87. The zero-order chi connectivity index (χ0) is 14.8. The van der Waals surface area contributed by atoms with Gasteiger partial charge in [-0.2, -0.15) is 0 Å². The number of carboxylic acids is 1. The van der Waals surface area contributed by atoms with Gasteiger partial charge >= 0.3 is 5.97 Å². The zero-order valence-electron chi connectivity index (χ0n) is 11.0. The Morgan fingerprint density at radius 2 is 2.14 bits per heavy atom. The van der Waals surface area contributed by atoms with Crippen molar-refractivity contribution >= 4 is 39.0 Å². The molecule has 2 aromatic rings. The predicted octanol–water partition coefficient (Wildman–Crippen LogP) is 1.95. The van der Waals surface area contributed by atoms with Crippen LogP contribution in [0.5, 0.6) is 0 Å². The average molecular weight is 307 g/mol. The first-order valence-corrected chi connectivity index (χ1v) is 7.22. The van der Waals surface area contributed by atoms with E-state index in [1.54, 1.807) is 24.3 Å². The SMILES string of the molecule is O=C(O)c1cc2cc(NC(=O)C3COCCO3)ccc2s1. The van der Waals surface area contributed by atoms with Crippen molar-refractivity contribution in [2.75, 3.05) is 25.1 Å². The molecule has 21 heavy (non-hydrogen) atoms. The van der Waals surface area contributed by atoms with E-state index < -0.39 is 12.1 Å². The zero-order valence-corrected chi connectivity index (χ0v) is 11.8. The van der Waals surface area contributed by atoms with Gasteiger partial charge in [-0.1, -0.05) is 0 Å². The van der Waals surface area contributed by atoms with Crippen molar-refractivity contribution in [2.24, 2.45) is 0 Å². The molecule has 2 N–H and O–H groups in total. The van der Waals surface area contributed by atoms with Crippen molar-refractivity contribution in [3.05, 3.63) is 29.1 Å². The average Bonchev–Trinajstić information content (AvgIpc) is 2.91. The number of fused-ring (bicyclic) bond motifs is 1. The van der Waals surface area contributed by atoms with Gasteiger partial charge in [-0.05, 0) is 29.7 Å². The van der Waals surface area contributed by atoms with Crippen LogP contribution in [0.2, 0.25) is 0 Å². The summed E-state index contributed by atoms with van der Waals surface area (Å²) in [7, 11) is 0. The standard InChI is InChI=1S/C14H13NO5S/c16-13(10-7-19-3-4-20-10)15-9-1-2-11-8(5-9)6-12(21-11)14(17)18/h1-2,5-6,10H,3-4,7H2,(H,15,16)(H,17,18). The molecule has 1 aromatic carbocycles. The Labute approximate surface area is 124 Å². The number of nitrogens with one attached hydrogen (secondary N) is 1. The molecule has 3 rings (SSSR count). The minimum absolute atomic E-state index is 0.246. The Balaban J connectivity index is 1.77. The van der Waals surface area contributed by atoms with E-state index in [-0.39, 0.29) is 17.4 Å². The molecule has 0 saturated carbocycles. The summed E-state index contributed by atoms with van der Waals surface area (Å²) in [5.41, 5.74) is 0.608. The maximum atomic E-state index is 12.0. The molecule has 1 atom stereocenters. The molecule has 0 bridgehead atoms. The Bertz CT molecular complexity index is 690. The molecule has 1 aliphatic rings. The Morgan fingerprint density at radius 1 is 1.29 bits per heavy atom. The van der Waals surface area contributed by atoms with Gasteiger partial charge in [0.25, 0.3) is 5.91 Å². The molecule has 2 heterocycles. The van der Waals surface area contributed by atoms with Gasteiger partial charge in [-0.15, -0.1) is 11.3 Å². The third-order valence-corrected chi connectivity index (χ3v) is 4.21. The summed E-state index contributed by atoms with van der Waals surface area (Å²) in [6.45, 7) is 1.15. The van der Waals surface area contributed by atoms with Gasteiger partial charge in [-0.25, -0.2) is 4.79 Å². The fraction of sp³-hybridized carbons (Fsp3) is 0.286. The molecule has 0 aliphatic carbocycles. The van der Waals surface area contributed by atoms with Crippen molar-refractivity contribution < 1.29 is 24.2 Å². The molecule has 1 unspecified atom stereocenters. The number of aromatic carboxylic acids is 1. The molecule has 110 valence electrons. The lowest BCUT2D eigenvalue weighted by Gasteiger charge is -2.22. The summed E-state index contributed by atoms with van der Waals surface area (Å²) in [6, 6.07) is 6.88. The molecule has 1 fully saturated rings. The fourth-order valence-corrected chi connectivity index (χ4v) is 2.97. The van der Waals surface area contributed by atoms with Crippen molar-refractivity contribution in [1.82, 2.24) is 0 Å². The molecule has 1 saturated heterocycles. The number of carbonyl (C=O) groups excluding carboxylic acids is 1. The monoisotopic (exact) mass is 307 g/mol. The normalized spacial score (nSPS) is 18.6. The van der Waals surface area contributed by atoms with Crippen LogP contribution in [-0.2, 0) is 14.3 Å². The summed E-state index contributed by atoms with van der Waals surface area (Å²) >= 11 is 1.20. The number of rotatable bonds is 3. The van der Waals surface area contributed by atoms with Crippen LogP contribution < -0.4 is 5.32 Å². The molecule has 0 radical (unpaired) electrons. The number of carboxylic acid groups (broad SMARTS) is 1. The van der Waals surface area contributed by atoms with Crippen molar-refractivity contribution in [3.8, 4) is 0 Å². The Hall–Kier alpha value is -1.96. The number of thiophene rings is 1. The molecule has 6 nitrogen and oxygen atoms in total. The number of benzene rings is 1. The summed E-state index contributed by atoms with van der Waals surface area (Å²) in [4.78, 5) is 23.2. The van der Waals surface area contributed by atoms with Gasteiger partial charge in [0.15, 0.2) is 6.10 Å². The van der Waals surface area contributed by atoms with E-state index >= 15 is 0 Å². The maximum Gasteiger partial charge on any atom is 0.345 e. The highest BCUT2D eigenvalue weighted by molar-refractivity contribution is 7.20. The van der Waals surface area contributed by atoms with E-state index in [1.165, 1.54) is 11.3 Å². The minimum atomic E-state index is -0.950. The van der Waals surface area contributed by atoms with Crippen LogP contribution in [-0.4, -0.2) is 42.9 Å². The van der Waals surface area contributed by atoms with Crippen LogP contribution in [0.1, 0.15) is 9.67 Å². The summed E-state index contributed by atoms with van der Waals surface area (Å²) < 4.78 is 11.4. The topological polar surface area (TPSA) is 84.9 Å². The second-order valence-electron chi connectivity index (χ2n) is 4.59. The van der Waals surface area contributed by atoms with Crippen molar-refractivity contribution in [3.63, 3.8) is 0 Å². The summed E-state index contributed by atoms with van der Waals surface area (Å²) in [5, 5.41) is 12.5. The summed E-state index contributed by atoms with van der Waals surface area (Å²) in [6.07, 6.45) is -0.605. The highest BCUT2D eigenvalue weighted by Gasteiger charge is 2.22. The lowest BCUT2D eigenvalue weighted by molar-refractivity contribution is -0.142. The fourth-order valence-electron chi connectivity index (χ4n) is 2.09. The van der Waals surface area contributed by atoms with Crippen LogP contribution in [0.15, 0.2) is 24.3 Å². The summed E-state index contributed by atoms with van der Waals surface area (Å²) in [5.74, 6) is -1.21. The molecule has 7 heteroatoms. The van der Waals surface area contributed by atoms with Crippen LogP contribution >= 0.6 is 11.3 Å². The quantitative estimate of drug-likeness (QED) is 0.905. The largest absolute Gasteiger partial charge is 0.477 e. The van der Waals surface area contributed by atoms with Crippen LogP contribution in [0, 0.1) is 0 Å². The molecule has 1 amide bonds. The Morgan fingerprint density at radius 3 is 2.86 bits per heavy atom. The van der Waals surface area contributed by atoms with Crippen molar-refractivity contribution in [2.45, 2.75) is 6.10 Å². The number of hydrogen-bond acceptors (Lipinski definition) is 5. The molecular weight excluding hydrogens is 294 g/mol. The highest BCUT2D eigenvalue weighted by atomic mass is 32.1. The highest BCUT2D eigenvalue weighted by Crippen LogP contribution is 2.28. The van der Waals surface area contributed by atoms with Crippen LogP contribution in [0.25, 0.3) is 10.1 Å². The second kappa shape index (κ2) is 5.80. The lowest BCUT2D eigenvalue weighted by Crippen LogP contribution is -2.39. The smallest absolute Gasteiger partial charge is 0.345 e. The molecule has 1 aliphatic heterocycles. The van der Waals surface area contributed by atoms with Gasteiger partial charge in [0.05, 0.1) is 19.8 Å². The first kappa shape index (κ1) is 14.0. The van der Waals surface area contributed by atoms with Crippen molar-refractivity contribution in [1.29, 1.82) is 0 Å². The van der Waals surface area contributed by atoms with Gasteiger partial charge in [0.2, 0.25) is 0 Å². The second-order valence-corrected chi connectivity index (χ2v) is 5.68. The van der Waals surface area contributed by atoms with Crippen LogP contribution in [0.4, 0.5) is 5.69 Å².